The van der Waals surface area contributed by atoms with Crippen LogP contribution in [0.5, 0.6) is 17.2 Å². The predicted octanol–water partition coefficient (Wildman–Crippen LogP) is 2.68. The molecular weight excluding hydrogens is 369 g/mol. The number of benzene rings is 2. The van der Waals surface area contributed by atoms with Crippen LogP contribution < -0.4 is 25.1 Å². The van der Waals surface area contributed by atoms with E-state index < -0.39 is 23.9 Å². The van der Waals surface area contributed by atoms with Crippen LogP contribution in [0, 0.1) is 0 Å². The summed E-state index contributed by atoms with van der Waals surface area (Å²) in [5.74, 6) is -1.07. The molecule has 0 fully saturated rings. The van der Waals surface area contributed by atoms with Crippen LogP contribution in [0.25, 0.3) is 0 Å². The molecule has 0 bridgehead atoms. The van der Waals surface area contributed by atoms with Crippen molar-refractivity contribution >= 4 is 11.8 Å². The Morgan fingerprint density at radius 3 is 1.70 bits per heavy atom. The van der Waals surface area contributed by atoms with Gasteiger partial charge >= 0.3 is 6.36 Å². The number of amides is 2. The Labute approximate surface area is 152 Å². The molecule has 0 heterocycles. The molecule has 0 atom stereocenters. The Morgan fingerprint density at radius 1 is 0.778 bits per heavy atom. The van der Waals surface area contributed by atoms with Crippen molar-refractivity contribution in [1.82, 2.24) is 10.9 Å². The van der Waals surface area contributed by atoms with Crippen LogP contribution in [-0.2, 0) is 0 Å². The number of methoxy groups -OCH3 is 2. The lowest BCUT2D eigenvalue weighted by Crippen LogP contribution is -2.41. The average Bonchev–Trinajstić information content (AvgIpc) is 2.64. The highest BCUT2D eigenvalue weighted by Crippen LogP contribution is 2.23. The normalized spacial score (nSPS) is 10.7. The van der Waals surface area contributed by atoms with Crippen molar-refractivity contribution in [3.63, 3.8) is 0 Å². The summed E-state index contributed by atoms with van der Waals surface area (Å²) in [5.41, 5.74) is 4.54. The molecule has 0 aliphatic rings. The highest BCUT2D eigenvalue weighted by molar-refractivity contribution is 5.99. The third-order valence-electron chi connectivity index (χ3n) is 3.25. The molecule has 0 aliphatic heterocycles. The number of halogens is 3. The van der Waals surface area contributed by atoms with Gasteiger partial charge in [-0.2, -0.15) is 0 Å². The Morgan fingerprint density at radius 2 is 1.26 bits per heavy atom. The van der Waals surface area contributed by atoms with Crippen molar-refractivity contribution in [3.8, 4) is 17.2 Å². The fourth-order valence-corrected chi connectivity index (χ4v) is 2.00. The summed E-state index contributed by atoms with van der Waals surface area (Å²) in [7, 11) is 2.84. The molecule has 0 aromatic heterocycles. The van der Waals surface area contributed by atoms with Crippen molar-refractivity contribution in [2.24, 2.45) is 0 Å². The van der Waals surface area contributed by atoms with Crippen LogP contribution in [0.1, 0.15) is 20.7 Å². The molecule has 7 nitrogen and oxygen atoms in total. The number of rotatable bonds is 5. The standard InChI is InChI=1S/C17H15F3N2O5/c1-25-13-7-11(8-14(9-13)26-2)16(24)22-21-15(23)10-3-5-12(6-4-10)27-17(18,19)20/h3-9H,1-2H3,(H,21,23)(H,22,24). The minimum atomic E-state index is -4.82. The number of ether oxygens (including phenoxy) is 3. The van der Waals surface area contributed by atoms with Gasteiger partial charge in [0.15, 0.2) is 0 Å². The summed E-state index contributed by atoms with van der Waals surface area (Å²) in [5, 5.41) is 0. The molecule has 144 valence electrons. The summed E-state index contributed by atoms with van der Waals surface area (Å²) in [6.45, 7) is 0. The van der Waals surface area contributed by atoms with E-state index in [0.29, 0.717) is 11.5 Å². The minimum Gasteiger partial charge on any atom is -0.497 e. The fourth-order valence-electron chi connectivity index (χ4n) is 2.00. The second kappa shape index (κ2) is 8.30. The monoisotopic (exact) mass is 384 g/mol. The van der Waals surface area contributed by atoms with Crippen LogP contribution in [0.4, 0.5) is 13.2 Å². The molecule has 2 aromatic carbocycles. The lowest BCUT2D eigenvalue weighted by molar-refractivity contribution is -0.274. The van der Waals surface area contributed by atoms with Gasteiger partial charge in [-0.1, -0.05) is 0 Å². The fraction of sp³-hybridized carbons (Fsp3) is 0.176. The molecule has 10 heteroatoms. The SMILES string of the molecule is COc1cc(OC)cc(C(=O)NNC(=O)c2ccc(OC(F)(F)F)cc2)c1. The Bertz CT molecular complexity index is 800. The molecule has 27 heavy (non-hydrogen) atoms. The van der Waals surface area contributed by atoms with E-state index in [2.05, 4.69) is 15.6 Å². The zero-order valence-electron chi connectivity index (χ0n) is 14.2. The first-order valence-corrected chi connectivity index (χ1v) is 7.41. The Balaban J connectivity index is 2.00. The zero-order valence-corrected chi connectivity index (χ0v) is 14.2. The zero-order chi connectivity index (χ0) is 20.0. The van der Waals surface area contributed by atoms with Gasteiger partial charge in [0.1, 0.15) is 17.2 Å². The number of hydrogen-bond donors (Lipinski definition) is 2. The number of hydrazine groups is 1. The van der Waals surface area contributed by atoms with Crippen LogP contribution >= 0.6 is 0 Å². The summed E-state index contributed by atoms with van der Waals surface area (Å²) in [6, 6.07) is 8.66. The maximum Gasteiger partial charge on any atom is 0.573 e. The molecule has 0 aliphatic carbocycles. The lowest BCUT2D eigenvalue weighted by Gasteiger charge is -2.11. The Kier molecular flexibility index (Phi) is 6.11. The average molecular weight is 384 g/mol. The minimum absolute atomic E-state index is 0.0213. The van der Waals surface area contributed by atoms with Gasteiger partial charge in [-0.25, -0.2) is 0 Å². The van der Waals surface area contributed by atoms with Gasteiger partial charge in [-0.3, -0.25) is 20.4 Å². The summed E-state index contributed by atoms with van der Waals surface area (Å²) < 4.78 is 50.1. The summed E-state index contributed by atoms with van der Waals surface area (Å²) >= 11 is 0. The highest BCUT2D eigenvalue weighted by Gasteiger charge is 2.31. The second-order valence-corrected chi connectivity index (χ2v) is 5.08. The molecule has 2 rings (SSSR count). The van der Waals surface area contributed by atoms with Crippen molar-refractivity contribution in [2.75, 3.05) is 14.2 Å². The molecule has 0 unspecified atom stereocenters. The van der Waals surface area contributed by atoms with Gasteiger partial charge < -0.3 is 14.2 Å². The topological polar surface area (TPSA) is 85.9 Å². The van der Waals surface area contributed by atoms with E-state index in [4.69, 9.17) is 9.47 Å². The van der Waals surface area contributed by atoms with Crippen molar-refractivity contribution in [3.05, 3.63) is 53.6 Å². The van der Waals surface area contributed by atoms with Gasteiger partial charge in [0, 0.05) is 17.2 Å². The van der Waals surface area contributed by atoms with Gasteiger partial charge in [0.2, 0.25) is 0 Å². The van der Waals surface area contributed by atoms with Crippen molar-refractivity contribution in [1.29, 1.82) is 0 Å². The first-order valence-electron chi connectivity index (χ1n) is 7.41. The number of alkyl halides is 3. The summed E-state index contributed by atoms with van der Waals surface area (Å²) in [6.07, 6.45) is -4.82. The first-order chi connectivity index (χ1) is 12.7. The van der Waals surface area contributed by atoms with Gasteiger partial charge in [0.05, 0.1) is 14.2 Å². The lowest BCUT2D eigenvalue weighted by atomic mass is 10.2. The van der Waals surface area contributed by atoms with Gasteiger partial charge in [0.25, 0.3) is 11.8 Å². The molecule has 0 spiro atoms. The number of carbonyl (C=O) groups is 2. The van der Waals surface area contributed by atoms with E-state index in [-0.39, 0.29) is 11.1 Å². The van der Waals surface area contributed by atoms with E-state index >= 15 is 0 Å². The van der Waals surface area contributed by atoms with Crippen molar-refractivity contribution in [2.45, 2.75) is 6.36 Å². The number of nitrogens with one attached hydrogen (secondary N) is 2. The predicted molar refractivity (Wildman–Crippen MR) is 87.6 cm³/mol. The van der Waals surface area contributed by atoms with Crippen LogP contribution in [0.2, 0.25) is 0 Å². The molecule has 2 amide bonds. The van der Waals surface area contributed by atoms with E-state index in [9.17, 15) is 22.8 Å². The number of carbonyl (C=O) groups excluding carboxylic acids is 2. The largest absolute Gasteiger partial charge is 0.573 e. The third-order valence-corrected chi connectivity index (χ3v) is 3.25. The van der Waals surface area contributed by atoms with Crippen molar-refractivity contribution < 1.29 is 37.0 Å². The summed E-state index contributed by atoms with van der Waals surface area (Å²) in [4.78, 5) is 24.1. The van der Waals surface area contributed by atoms with Crippen LogP contribution in [0.15, 0.2) is 42.5 Å². The highest BCUT2D eigenvalue weighted by atomic mass is 19.4. The van der Waals surface area contributed by atoms with Crippen LogP contribution in [0.3, 0.4) is 0 Å². The van der Waals surface area contributed by atoms with E-state index in [0.717, 1.165) is 24.3 Å². The molecule has 2 aromatic rings. The molecule has 2 N–H and O–H groups in total. The smallest absolute Gasteiger partial charge is 0.497 e. The maximum absolute atomic E-state index is 12.1. The Hall–Kier alpha value is -3.43. The molecule has 0 saturated heterocycles. The third kappa shape index (κ3) is 5.80. The van der Waals surface area contributed by atoms with Gasteiger partial charge in [-0.15, -0.1) is 13.2 Å². The van der Waals surface area contributed by atoms with Gasteiger partial charge in [-0.05, 0) is 36.4 Å². The van der Waals surface area contributed by atoms with E-state index in [1.54, 1.807) is 6.07 Å². The molecular formula is C17H15F3N2O5. The number of hydrogen-bond acceptors (Lipinski definition) is 5. The van der Waals surface area contributed by atoms with Crippen LogP contribution in [-0.4, -0.2) is 32.4 Å². The second-order valence-electron chi connectivity index (χ2n) is 5.08. The van der Waals surface area contributed by atoms with E-state index in [1.165, 1.54) is 26.4 Å². The first kappa shape index (κ1) is 19.9. The molecule has 0 radical (unpaired) electrons. The maximum atomic E-state index is 12.1. The quantitative estimate of drug-likeness (QED) is 0.775. The molecule has 0 saturated carbocycles. The van der Waals surface area contributed by atoms with E-state index in [1.807, 2.05) is 0 Å².